The van der Waals surface area contributed by atoms with E-state index >= 15 is 0 Å². The maximum atomic E-state index is 12.4. The Kier molecular flexibility index (Phi) is 9.18. The van der Waals surface area contributed by atoms with Crippen LogP contribution in [0.25, 0.3) is 12.2 Å². The number of carbonyl (C=O) groups is 4. The maximum Gasteiger partial charge on any atom is 0.303 e. The van der Waals surface area contributed by atoms with E-state index in [4.69, 9.17) is 0 Å². The minimum absolute atomic E-state index is 0.0640. The number of hydrogen-bond donors (Lipinski definition) is 5. The van der Waals surface area contributed by atoms with Crippen molar-refractivity contribution < 1.29 is 29.4 Å². The fourth-order valence-corrected chi connectivity index (χ4v) is 5.90. The van der Waals surface area contributed by atoms with Crippen LogP contribution in [0.3, 0.4) is 0 Å². The van der Waals surface area contributed by atoms with E-state index in [0.717, 1.165) is 39.1 Å². The third-order valence-corrected chi connectivity index (χ3v) is 8.50. The van der Waals surface area contributed by atoms with Crippen LogP contribution in [0.1, 0.15) is 67.3 Å². The second kappa shape index (κ2) is 12.6. The quantitative estimate of drug-likeness (QED) is 0.272. The number of aliphatic imine (C=N–C) groups is 1. The standard InChI is InChI=1S/C33H38N4O6/c1-7-20-19(6)32(42)37-27(20)14-25-18(5)23(10-12-31(40)41)29(35-25)15-28-22(9-11-30(38)39)17(4)24(34-28)13-26-16(3)21(8-2)33(43)36-26/h7-8,14-15,19,26,34-35H,2,9-13H2,1,3-6H3,(H,36,43)(H,38,39)(H,40,41)/b20-7+,25-14+,29-15-/t19-,26-/m1/s1. The molecule has 2 atom stereocenters. The van der Waals surface area contributed by atoms with Crippen molar-refractivity contribution in [1.29, 1.82) is 0 Å². The first-order valence-corrected chi connectivity index (χ1v) is 14.3. The molecule has 0 unspecified atom stereocenters. The predicted octanol–water partition coefficient (Wildman–Crippen LogP) is 2.71. The first-order valence-electron chi connectivity index (χ1n) is 14.3. The average Bonchev–Trinajstić information content (AvgIpc) is 3.59. The van der Waals surface area contributed by atoms with Crippen molar-refractivity contribution in [1.82, 2.24) is 15.3 Å². The van der Waals surface area contributed by atoms with Gasteiger partial charge in [-0.2, -0.15) is 0 Å². The van der Waals surface area contributed by atoms with Crippen LogP contribution >= 0.6 is 0 Å². The lowest BCUT2D eigenvalue weighted by Crippen LogP contribution is -2.30. The van der Waals surface area contributed by atoms with Gasteiger partial charge in [-0.05, 0) is 93.0 Å². The second-order valence-electron chi connectivity index (χ2n) is 11.1. The molecule has 226 valence electrons. The van der Waals surface area contributed by atoms with Gasteiger partial charge in [0.05, 0.1) is 17.7 Å². The molecule has 2 aliphatic heterocycles. The molecule has 0 fully saturated rings. The van der Waals surface area contributed by atoms with Crippen molar-refractivity contribution in [2.75, 3.05) is 0 Å². The molecule has 2 aromatic rings. The van der Waals surface area contributed by atoms with E-state index in [-0.39, 0.29) is 49.5 Å². The van der Waals surface area contributed by atoms with Crippen LogP contribution < -0.4 is 16.0 Å². The first-order chi connectivity index (χ1) is 20.4. The zero-order valence-electron chi connectivity index (χ0n) is 25.2. The highest BCUT2D eigenvalue weighted by molar-refractivity contribution is 6.29. The van der Waals surface area contributed by atoms with Crippen molar-refractivity contribution in [3.8, 4) is 0 Å². The zero-order valence-corrected chi connectivity index (χ0v) is 25.2. The van der Waals surface area contributed by atoms with Crippen molar-refractivity contribution in [3.05, 3.63) is 79.8 Å². The maximum absolute atomic E-state index is 12.4. The van der Waals surface area contributed by atoms with Gasteiger partial charge in [-0.1, -0.05) is 18.7 Å². The molecule has 2 aromatic heterocycles. The fourth-order valence-electron chi connectivity index (χ4n) is 5.90. The number of amides is 2. The highest BCUT2D eigenvalue weighted by atomic mass is 16.4. The number of nitrogens with one attached hydrogen (secondary N) is 3. The second-order valence-corrected chi connectivity index (χ2v) is 11.1. The third-order valence-electron chi connectivity index (χ3n) is 8.50. The van der Waals surface area contributed by atoms with Crippen LogP contribution in [0, 0.1) is 19.8 Å². The predicted molar refractivity (Wildman–Crippen MR) is 164 cm³/mol. The Morgan fingerprint density at radius 3 is 2.19 bits per heavy atom. The van der Waals surface area contributed by atoms with Gasteiger partial charge in [0.25, 0.3) is 11.8 Å². The van der Waals surface area contributed by atoms with E-state index in [1.807, 2.05) is 52.8 Å². The summed E-state index contributed by atoms with van der Waals surface area (Å²) in [5.41, 5.74) is 7.85. The number of aliphatic carboxylic acids is 2. The molecular weight excluding hydrogens is 548 g/mol. The Labute approximate surface area is 249 Å². The molecule has 0 bridgehead atoms. The third kappa shape index (κ3) is 6.38. The minimum atomic E-state index is -0.922. The number of H-pyrrole nitrogens is 2. The molecule has 10 nitrogen and oxygen atoms in total. The van der Waals surface area contributed by atoms with Crippen molar-refractivity contribution in [2.45, 2.75) is 72.8 Å². The largest absolute Gasteiger partial charge is 0.481 e. The molecule has 5 N–H and O–H groups in total. The summed E-state index contributed by atoms with van der Waals surface area (Å²) in [6.07, 6.45) is 8.05. The van der Waals surface area contributed by atoms with Crippen molar-refractivity contribution in [3.63, 3.8) is 0 Å². The molecule has 0 spiro atoms. The fraction of sp³-hybridized carbons (Fsp3) is 0.364. The Bertz CT molecular complexity index is 1750. The summed E-state index contributed by atoms with van der Waals surface area (Å²) in [7, 11) is 0. The zero-order chi connectivity index (χ0) is 31.6. The highest BCUT2D eigenvalue weighted by Gasteiger charge is 2.29. The molecule has 0 radical (unpaired) electrons. The highest BCUT2D eigenvalue weighted by Crippen LogP contribution is 2.27. The van der Waals surface area contributed by atoms with Crippen LogP contribution in [-0.2, 0) is 38.4 Å². The summed E-state index contributed by atoms with van der Waals surface area (Å²) < 4.78 is 0. The number of aromatic nitrogens is 2. The number of hydrogen-bond acceptors (Lipinski definition) is 4. The van der Waals surface area contributed by atoms with Crippen LogP contribution in [0.2, 0.25) is 0 Å². The smallest absolute Gasteiger partial charge is 0.303 e. The van der Waals surface area contributed by atoms with E-state index < -0.39 is 11.9 Å². The Hall–Kier alpha value is -4.73. The molecular formula is C33H38N4O6. The van der Waals surface area contributed by atoms with Gasteiger partial charge < -0.3 is 25.5 Å². The molecule has 43 heavy (non-hydrogen) atoms. The van der Waals surface area contributed by atoms with E-state index in [2.05, 4.69) is 26.9 Å². The summed E-state index contributed by atoms with van der Waals surface area (Å²) >= 11 is 0. The van der Waals surface area contributed by atoms with Crippen LogP contribution in [0.5, 0.6) is 0 Å². The molecule has 4 heterocycles. The lowest BCUT2D eigenvalue weighted by molar-refractivity contribution is -0.138. The van der Waals surface area contributed by atoms with Gasteiger partial charge in [0.15, 0.2) is 0 Å². The first kappa shape index (κ1) is 31.2. The van der Waals surface area contributed by atoms with E-state index in [9.17, 15) is 29.4 Å². The molecule has 0 aliphatic carbocycles. The number of aromatic amines is 2. The van der Waals surface area contributed by atoms with Gasteiger partial charge in [-0.25, -0.2) is 4.99 Å². The molecule has 0 aromatic carbocycles. The summed E-state index contributed by atoms with van der Waals surface area (Å²) in [6.45, 7) is 13.2. The van der Waals surface area contributed by atoms with Gasteiger partial charge >= 0.3 is 11.9 Å². The Balaban J connectivity index is 1.86. The number of rotatable bonds is 11. The SMILES string of the molecule is C=CC1=C(C)[C@@H](Cc2[nH]c(/C=c3\[nH]/c(=C/C4=NC(=O)[C@H](C)/C4=C\C)c(C)c3CCC(=O)O)c(CCC(=O)O)c2C)NC1=O. The average molecular weight is 587 g/mol. The number of nitrogens with zero attached hydrogens (tertiary/aromatic N) is 1. The molecule has 2 amide bonds. The molecule has 10 heteroatoms. The van der Waals surface area contributed by atoms with Gasteiger partial charge in [0.2, 0.25) is 0 Å². The number of carboxylic acid groups (broad SMARTS) is 2. The summed E-state index contributed by atoms with van der Waals surface area (Å²) in [5.74, 6) is -2.54. The van der Waals surface area contributed by atoms with Crippen molar-refractivity contribution >= 4 is 41.6 Å². The van der Waals surface area contributed by atoms with Gasteiger partial charge in [-0.3, -0.25) is 19.2 Å². The minimum Gasteiger partial charge on any atom is -0.481 e. The van der Waals surface area contributed by atoms with E-state index in [1.165, 1.54) is 0 Å². The van der Waals surface area contributed by atoms with E-state index in [1.54, 1.807) is 6.08 Å². The van der Waals surface area contributed by atoms with Gasteiger partial charge in [0, 0.05) is 46.9 Å². The number of carbonyl (C=O) groups excluding carboxylic acids is 2. The number of carboxylic acids is 2. The molecule has 0 saturated heterocycles. The van der Waals surface area contributed by atoms with Crippen LogP contribution in [-0.4, -0.2) is 55.7 Å². The molecule has 0 saturated carbocycles. The lowest BCUT2D eigenvalue weighted by atomic mass is 9.98. The molecule has 4 rings (SSSR count). The Morgan fingerprint density at radius 2 is 1.60 bits per heavy atom. The van der Waals surface area contributed by atoms with Gasteiger partial charge in [-0.15, -0.1) is 0 Å². The monoisotopic (exact) mass is 586 g/mol. The molecule has 2 aliphatic rings. The van der Waals surface area contributed by atoms with Crippen LogP contribution in [0.4, 0.5) is 0 Å². The number of allylic oxidation sites excluding steroid dienone is 1. The summed E-state index contributed by atoms with van der Waals surface area (Å²) in [4.78, 5) is 58.8. The van der Waals surface area contributed by atoms with Crippen LogP contribution in [0.15, 0.2) is 40.4 Å². The summed E-state index contributed by atoms with van der Waals surface area (Å²) in [6, 6.07) is -0.226. The van der Waals surface area contributed by atoms with Crippen molar-refractivity contribution in [2.24, 2.45) is 10.9 Å². The Morgan fingerprint density at radius 1 is 0.953 bits per heavy atom. The topological polar surface area (TPSA) is 165 Å². The van der Waals surface area contributed by atoms with Gasteiger partial charge in [0.1, 0.15) is 0 Å². The summed E-state index contributed by atoms with van der Waals surface area (Å²) in [5, 5.41) is 23.3. The lowest BCUT2D eigenvalue weighted by Gasteiger charge is -2.12. The normalized spacial score (nSPS) is 20.4. The van der Waals surface area contributed by atoms with E-state index in [0.29, 0.717) is 34.1 Å².